The fraction of sp³-hybridized carbons (Fsp3) is 0.167. The van der Waals surface area contributed by atoms with E-state index < -0.39 is 10.0 Å². The molecule has 0 unspecified atom stereocenters. The SMILES string of the molecule is CC(C)C(=O)Nc1ccc(NS(=O)(=O)/C=C/c2ccccc2)cc1. The minimum Gasteiger partial charge on any atom is -0.326 e. The average Bonchev–Trinajstić information content (AvgIpc) is 2.55. The van der Waals surface area contributed by atoms with E-state index in [1.165, 1.54) is 6.08 Å². The summed E-state index contributed by atoms with van der Waals surface area (Å²) in [6.45, 7) is 3.60. The molecule has 0 aliphatic rings. The Hall–Kier alpha value is -2.60. The van der Waals surface area contributed by atoms with Crippen LogP contribution >= 0.6 is 0 Å². The van der Waals surface area contributed by atoms with Crippen LogP contribution in [0.2, 0.25) is 0 Å². The lowest BCUT2D eigenvalue weighted by Gasteiger charge is -2.09. The van der Waals surface area contributed by atoms with Gasteiger partial charge in [0, 0.05) is 17.3 Å². The first-order valence-corrected chi connectivity index (χ1v) is 9.07. The van der Waals surface area contributed by atoms with Gasteiger partial charge in [0.25, 0.3) is 10.0 Å². The second-order valence-electron chi connectivity index (χ2n) is 5.58. The molecular formula is C18H20N2O3S. The molecule has 2 aromatic rings. The van der Waals surface area contributed by atoms with Gasteiger partial charge in [0.05, 0.1) is 5.41 Å². The summed E-state index contributed by atoms with van der Waals surface area (Å²) in [5.41, 5.74) is 1.85. The first-order chi connectivity index (χ1) is 11.4. The van der Waals surface area contributed by atoms with Crippen LogP contribution in [0.25, 0.3) is 6.08 Å². The Kier molecular flexibility index (Phi) is 5.76. The number of benzene rings is 2. The first-order valence-electron chi connectivity index (χ1n) is 7.52. The van der Waals surface area contributed by atoms with Gasteiger partial charge < -0.3 is 5.32 Å². The third kappa shape index (κ3) is 5.55. The maximum atomic E-state index is 12.1. The Morgan fingerprint density at radius 3 is 2.12 bits per heavy atom. The number of hydrogen-bond donors (Lipinski definition) is 2. The predicted octanol–water partition coefficient (Wildman–Crippen LogP) is 3.69. The molecule has 0 radical (unpaired) electrons. The Morgan fingerprint density at radius 2 is 1.54 bits per heavy atom. The lowest BCUT2D eigenvalue weighted by Crippen LogP contribution is -2.17. The Labute approximate surface area is 142 Å². The number of rotatable bonds is 6. The number of anilines is 2. The Balaban J connectivity index is 2.02. The number of carbonyl (C=O) groups excluding carboxylic acids is 1. The number of amides is 1. The summed E-state index contributed by atoms with van der Waals surface area (Å²) in [6.07, 6.45) is 1.53. The molecule has 0 aliphatic carbocycles. The van der Waals surface area contributed by atoms with Crippen LogP contribution in [0.4, 0.5) is 11.4 Å². The highest BCUT2D eigenvalue weighted by atomic mass is 32.2. The minimum absolute atomic E-state index is 0.0888. The molecular weight excluding hydrogens is 324 g/mol. The van der Waals surface area contributed by atoms with Gasteiger partial charge in [0.15, 0.2) is 0 Å². The molecule has 5 nitrogen and oxygen atoms in total. The number of carbonyl (C=O) groups is 1. The van der Waals surface area contributed by atoms with E-state index in [4.69, 9.17) is 0 Å². The molecule has 2 rings (SSSR count). The molecule has 1 amide bonds. The van der Waals surface area contributed by atoms with E-state index >= 15 is 0 Å². The van der Waals surface area contributed by atoms with Crippen LogP contribution in [0.1, 0.15) is 19.4 Å². The van der Waals surface area contributed by atoms with Crippen LogP contribution in [-0.4, -0.2) is 14.3 Å². The van der Waals surface area contributed by atoms with Crippen molar-refractivity contribution < 1.29 is 13.2 Å². The number of nitrogens with one attached hydrogen (secondary N) is 2. The van der Waals surface area contributed by atoms with Crippen molar-refractivity contribution in [3.05, 3.63) is 65.6 Å². The van der Waals surface area contributed by atoms with E-state index in [0.29, 0.717) is 11.4 Å². The van der Waals surface area contributed by atoms with Crippen molar-refractivity contribution in [1.29, 1.82) is 0 Å². The molecule has 0 aromatic heterocycles. The fourth-order valence-electron chi connectivity index (χ4n) is 1.84. The lowest BCUT2D eigenvalue weighted by atomic mass is 10.2. The van der Waals surface area contributed by atoms with Crippen molar-refractivity contribution in [3.63, 3.8) is 0 Å². The summed E-state index contributed by atoms with van der Waals surface area (Å²) in [5, 5.41) is 3.87. The molecule has 0 saturated carbocycles. The maximum absolute atomic E-state index is 12.1. The molecule has 0 spiro atoms. The highest BCUT2D eigenvalue weighted by Gasteiger charge is 2.08. The van der Waals surface area contributed by atoms with Gasteiger partial charge in [0.1, 0.15) is 0 Å². The second kappa shape index (κ2) is 7.79. The molecule has 2 aromatic carbocycles. The van der Waals surface area contributed by atoms with E-state index in [9.17, 15) is 13.2 Å². The van der Waals surface area contributed by atoms with E-state index in [2.05, 4.69) is 10.0 Å². The highest BCUT2D eigenvalue weighted by Crippen LogP contribution is 2.16. The van der Waals surface area contributed by atoms with Gasteiger partial charge in [-0.25, -0.2) is 8.42 Å². The van der Waals surface area contributed by atoms with E-state index in [-0.39, 0.29) is 11.8 Å². The Morgan fingerprint density at radius 1 is 0.958 bits per heavy atom. The molecule has 24 heavy (non-hydrogen) atoms. The van der Waals surface area contributed by atoms with Crippen molar-refractivity contribution in [2.24, 2.45) is 5.92 Å². The summed E-state index contributed by atoms with van der Waals surface area (Å²) in [5.74, 6) is -0.208. The van der Waals surface area contributed by atoms with Crippen molar-refractivity contribution >= 4 is 33.4 Å². The van der Waals surface area contributed by atoms with Crippen molar-refractivity contribution in [2.75, 3.05) is 10.0 Å². The van der Waals surface area contributed by atoms with Crippen molar-refractivity contribution in [2.45, 2.75) is 13.8 Å². The van der Waals surface area contributed by atoms with Gasteiger partial charge in [-0.2, -0.15) is 0 Å². The molecule has 126 valence electrons. The molecule has 0 heterocycles. The summed E-state index contributed by atoms with van der Waals surface area (Å²) >= 11 is 0. The third-order valence-electron chi connectivity index (χ3n) is 3.18. The van der Waals surface area contributed by atoms with Crippen LogP contribution in [0, 0.1) is 5.92 Å². The van der Waals surface area contributed by atoms with E-state index in [1.807, 2.05) is 30.3 Å². The summed E-state index contributed by atoms with van der Waals surface area (Å²) in [6, 6.07) is 15.7. The molecule has 0 bridgehead atoms. The maximum Gasteiger partial charge on any atom is 0.255 e. The zero-order valence-electron chi connectivity index (χ0n) is 13.6. The summed E-state index contributed by atoms with van der Waals surface area (Å²) in [4.78, 5) is 11.6. The van der Waals surface area contributed by atoms with E-state index in [0.717, 1.165) is 11.0 Å². The van der Waals surface area contributed by atoms with Gasteiger partial charge in [-0.1, -0.05) is 44.2 Å². The Bertz CT molecular complexity index is 811. The van der Waals surface area contributed by atoms with Gasteiger partial charge in [0.2, 0.25) is 5.91 Å². The minimum atomic E-state index is -3.60. The zero-order chi connectivity index (χ0) is 17.6. The summed E-state index contributed by atoms with van der Waals surface area (Å²) in [7, 11) is -3.60. The largest absolute Gasteiger partial charge is 0.326 e. The molecule has 2 N–H and O–H groups in total. The average molecular weight is 344 g/mol. The highest BCUT2D eigenvalue weighted by molar-refractivity contribution is 7.95. The second-order valence-corrected chi connectivity index (χ2v) is 7.15. The van der Waals surface area contributed by atoms with Crippen LogP contribution < -0.4 is 10.0 Å². The normalized spacial score (nSPS) is 11.6. The van der Waals surface area contributed by atoms with Gasteiger partial charge in [-0.3, -0.25) is 9.52 Å². The quantitative estimate of drug-likeness (QED) is 0.839. The standard InChI is InChI=1S/C18H20N2O3S/c1-14(2)18(21)19-16-8-10-17(11-9-16)20-24(22,23)13-12-15-6-4-3-5-7-15/h3-14,20H,1-2H3,(H,19,21)/b13-12+. The molecule has 0 aliphatic heterocycles. The third-order valence-corrected chi connectivity index (χ3v) is 4.19. The van der Waals surface area contributed by atoms with Gasteiger partial charge in [-0.15, -0.1) is 0 Å². The topological polar surface area (TPSA) is 75.3 Å². The van der Waals surface area contributed by atoms with Crippen molar-refractivity contribution in [3.8, 4) is 0 Å². The van der Waals surface area contributed by atoms with Gasteiger partial charge in [-0.05, 0) is 35.9 Å². The van der Waals surface area contributed by atoms with Gasteiger partial charge >= 0.3 is 0 Å². The molecule has 0 saturated heterocycles. The predicted molar refractivity (Wildman–Crippen MR) is 97.9 cm³/mol. The zero-order valence-corrected chi connectivity index (χ0v) is 14.4. The fourth-order valence-corrected chi connectivity index (χ4v) is 2.71. The van der Waals surface area contributed by atoms with Crippen molar-refractivity contribution in [1.82, 2.24) is 0 Å². The number of sulfonamides is 1. The van der Waals surface area contributed by atoms with E-state index in [1.54, 1.807) is 38.1 Å². The van der Waals surface area contributed by atoms with Crippen LogP contribution in [-0.2, 0) is 14.8 Å². The smallest absolute Gasteiger partial charge is 0.255 e. The molecule has 0 atom stereocenters. The van der Waals surface area contributed by atoms with Crippen LogP contribution in [0.15, 0.2) is 60.0 Å². The summed E-state index contributed by atoms with van der Waals surface area (Å²) < 4.78 is 26.6. The van der Waals surface area contributed by atoms with Crippen LogP contribution in [0.5, 0.6) is 0 Å². The first kappa shape index (κ1) is 17.7. The lowest BCUT2D eigenvalue weighted by molar-refractivity contribution is -0.118. The molecule has 0 fully saturated rings. The number of hydrogen-bond acceptors (Lipinski definition) is 3. The monoisotopic (exact) mass is 344 g/mol. The van der Waals surface area contributed by atoms with Crippen LogP contribution in [0.3, 0.4) is 0 Å². The molecule has 6 heteroatoms.